The maximum atomic E-state index is 9.07. The summed E-state index contributed by atoms with van der Waals surface area (Å²) in [6, 6.07) is 3.18. The van der Waals surface area contributed by atoms with E-state index in [1.807, 2.05) is 0 Å². The van der Waals surface area contributed by atoms with E-state index in [1.165, 1.54) is 6.08 Å². The van der Waals surface area contributed by atoms with Crippen LogP contribution in [0.25, 0.3) is 0 Å². The van der Waals surface area contributed by atoms with Crippen LogP contribution in [0.15, 0.2) is 29.2 Å². The molecule has 0 fully saturated rings. The molecule has 0 spiro atoms. The Morgan fingerprint density at radius 3 is 2.80 bits per heavy atom. The molecule has 0 saturated heterocycles. The van der Waals surface area contributed by atoms with E-state index >= 15 is 0 Å². The summed E-state index contributed by atoms with van der Waals surface area (Å²) in [5.41, 5.74) is 0. The minimum absolute atomic E-state index is 0.274. The second kappa shape index (κ2) is 2.90. The van der Waals surface area contributed by atoms with Crippen molar-refractivity contribution >= 4 is 11.6 Å². The molecule has 0 aliphatic rings. The van der Waals surface area contributed by atoms with Gasteiger partial charge in [-0.25, -0.2) is 0 Å². The average Bonchev–Trinajstić information content (AvgIpc) is 2.34. The predicted molar refractivity (Wildman–Crippen MR) is 38.9 cm³/mol. The zero-order valence-corrected chi connectivity index (χ0v) is 6.01. The van der Waals surface area contributed by atoms with Crippen molar-refractivity contribution in [1.29, 1.82) is 0 Å². The van der Waals surface area contributed by atoms with Crippen LogP contribution in [-0.4, -0.2) is 5.11 Å². The Kier molecular flexibility index (Phi) is 2.14. The summed E-state index contributed by atoms with van der Waals surface area (Å²) in [5, 5.41) is 9.35. The number of rotatable bonds is 2. The average molecular weight is 159 g/mol. The highest BCUT2D eigenvalue weighted by atomic mass is 35.5. The van der Waals surface area contributed by atoms with Gasteiger partial charge in [0.05, 0.1) is 0 Å². The summed E-state index contributed by atoms with van der Waals surface area (Å²) >= 11 is 5.45. The molecule has 1 aromatic rings. The number of furan rings is 1. The van der Waals surface area contributed by atoms with Crippen LogP contribution in [0.5, 0.6) is 0 Å². The van der Waals surface area contributed by atoms with Crippen LogP contribution >= 0.6 is 11.6 Å². The molecule has 0 radical (unpaired) electrons. The molecular weight excluding hydrogens is 152 g/mol. The summed E-state index contributed by atoms with van der Waals surface area (Å²) in [6.07, 6.45) is 0.613. The van der Waals surface area contributed by atoms with Crippen LogP contribution < -0.4 is 0 Å². The lowest BCUT2D eigenvalue weighted by Crippen LogP contribution is -1.87. The highest BCUT2D eigenvalue weighted by molar-refractivity contribution is 6.28. The SMILES string of the molecule is C=CC(O)c1ccc(Cl)o1. The van der Waals surface area contributed by atoms with Gasteiger partial charge in [-0.05, 0) is 23.7 Å². The van der Waals surface area contributed by atoms with Crippen molar-refractivity contribution in [3.8, 4) is 0 Å². The monoisotopic (exact) mass is 158 g/mol. The largest absolute Gasteiger partial charge is 0.447 e. The van der Waals surface area contributed by atoms with E-state index in [-0.39, 0.29) is 5.22 Å². The molecule has 1 heterocycles. The van der Waals surface area contributed by atoms with Gasteiger partial charge in [0.2, 0.25) is 0 Å². The number of aliphatic hydroxyl groups is 1. The first-order valence-corrected chi connectivity index (χ1v) is 3.17. The van der Waals surface area contributed by atoms with Gasteiger partial charge in [-0.3, -0.25) is 0 Å². The number of halogens is 1. The summed E-state index contributed by atoms with van der Waals surface area (Å²) in [6.45, 7) is 3.39. The summed E-state index contributed by atoms with van der Waals surface area (Å²) in [7, 11) is 0. The molecule has 1 N–H and O–H groups in total. The normalized spacial score (nSPS) is 13.0. The Bertz CT molecular complexity index is 229. The number of aliphatic hydroxyl groups excluding tert-OH is 1. The maximum Gasteiger partial charge on any atom is 0.193 e. The van der Waals surface area contributed by atoms with Gasteiger partial charge in [0.1, 0.15) is 11.9 Å². The highest BCUT2D eigenvalue weighted by Crippen LogP contribution is 2.19. The smallest absolute Gasteiger partial charge is 0.193 e. The molecule has 1 rings (SSSR count). The van der Waals surface area contributed by atoms with Crippen molar-refractivity contribution in [2.24, 2.45) is 0 Å². The molecule has 1 unspecified atom stereocenters. The van der Waals surface area contributed by atoms with E-state index in [2.05, 4.69) is 6.58 Å². The molecule has 1 aromatic heterocycles. The third-order valence-electron chi connectivity index (χ3n) is 1.11. The Balaban J connectivity index is 2.84. The zero-order valence-electron chi connectivity index (χ0n) is 5.25. The summed E-state index contributed by atoms with van der Waals surface area (Å²) in [4.78, 5) is 0. The van der Waals surface area contributed by atoms with Gasteiger partial charge in [-0.2, -0.15) is 0 Å². The zero-order chi connectivity index (χ0) is 7.56. The third-order valence-corrected chi connectivity index (χ3v) is 1.31. The first-order valence-electron chi connectivity index (χ1n) is 2.80. The molecule has 0 aliphatic heterocycles. The van der Waals surface area contributed by atoms with Gasteiger partial charge in [0, 0.05) is 0 Å². The van der Waals surface area contributed by atoms with Crippen molar-refractivity contribution in [3.63, 3.8) is 0 Å². The molecule has 0 amide bonds. The van der Waals surface area contributed by atoms with Crippen molar-refractivity contribution in [1.82, 2.24) is 0 Å². The highest BCUT2D eigenvalue weighted by Gasteiger charge is 2.06. The van der Waals surface area contributed by atoms with Crippen LogP contribution in [0.1, 0.15) is 11.9 Å². The van der Waals surface area contributed by atoms with Crippen LogP contribution in [0.3, 0.4) is 0 Å². The fourth-order valence-corrected chi connectivity index (χ4v) is 0.755. The van der Waals surface area contributed by atoms with Crippen LogP contribution in [0.2, 0.25) is 5.22 Å². The Morgan fingerprint density at radius 1 is 1.70 bits per heavy atom. The number of hydrogen-bond acceptors (Lipinski definition) is 2. The topological polar surface area (TPSA) is 33.4 Å². The Labute approximate surface area is 63.7 Å². The predicted octanol–water partition coefficient (Wildman–Crippen LogP) is 2.15. The lowest BCUT2D eigenvalue weighted by molar-refractivity contribution is 0.197. The summed E-state index contributed by atoms with van der Waals surface area (Å²) in [5.74, 6) is 0.417. The van der Waals surface area contributed by atoms with E-state index in [0.29, 0.717) is 5.76 Å². The van der Waals surface area contributed by atoms with Gasteiger partial charge in [0.15, 0.2) is 5.22 Å². The molecule has 0 aromatic carbocycles. The first kappa shape index (κ1) is 7.38. The van der Waals surface area contributed by atoms with E-state index in [9.17, 15) is 0 Å². The second-order valence-corrected chi connectivity index (χ2v) is 2.19. The quantitative estimate of drug-likeness (QED) is 0.670. The molecule has 0 saturated carbocycles. The van der Waals surface area contributed by atoms with E-state index in [1.54, 1.807) is 12.1 Å². The molecule has 1 atom stereocenters. The van der Waals surface area contributed by atoms with Gasteiger partial charge in [-0.15, -0.1) is 6.58 Å². The first-order chi connectivity index (χ1) is 4.74. The van der Waals surface area contributed by atoms with Gasteiger partial charge >= 0.3 is 0 Å². The Morgan fingerprint density at radius 2 is 2.40 bits per heavy atom. The van der Waals surface area contributed by atoms with Gasteiger partial charge < -0.3 is 9.52 Å². The van der Waals surface area contributed by atoms with Crippen molar-refractivity contribution in [2.45, 2.75) is 6.10 Å². The Hall–Kier alpha value is -0.730. The lowest BCUT2D eigenvalue weighted by atomic mass is 10.3. The fourth-order valence-electron chi connectivity index (χ4n) is 0.603. The van der Waals surface area contributed by atoms with E-state index < -0.39 is 6.10 Å². The maximum absolute atomic E-state index is 9.07. The summed E-state index contributed by atoms with van der Waals surface area (Å²) < 4.78 is 4.88. The van der Waals surface area contributed by atoms with Crippen LogP contribution in [0.4, 0.5) is 0 Å². The van der Waals surface area contributed by atoms with Crippen molar-refractivity contribution in [3.05, 3.63) is 35.8 Å². The van der Waals surface area contributed by atoms with Crippen LogP contribution in [0, 0.1) is 0 Å². The molecule has 0 aliphatic carbocycles. The van der Waals surface area contributed by atoms with Crippen molar-refractivity contribution < 1.29 is 9.52 Å². The number of hydrogen-bond donors (Lipinski definition) is 1. The minimum atomic E-state index is -0.757. The minimum Gasteiger partial charge on any atom is -0.447 e. The van der Waals surface area contributed by atoms with E-state index in [4.69, 9.17) is 21.1 Å². The standard InChI is InChI=1S/C7H7ClO2/c1-2-5(9)6-3-4-7(8)10-6/h2-5,9H,1H2. The lowest BCUT2D eigenvalue weighted by Gasteiger charge is -1.97. The third kappa shape index (κ3) is 1.40. The van der Waals surface area contributed by atoms with Crippen LogP contribution in [-0.2, 0) is 0 Å². The van der Waals surface area contributed by atoms with E-state index in [0.717, 1.165) is 0 Å². The molecule has 0 bridgehead atoms. The second-order valence-electron chi connectivity index (χ2n) is 1.82. The van der Waals surface area contributed by atoms with Crippen molar-refractivity contribution in [2.75, 3.05) is 0 Å². The molecule has 3 heteroatoms. The molecular formula is C7H7ClO2. The molecule has 2 nitrogen and oxygen atoms in total. The van der Waals surface area contributed by atoms with Gasteiger partial charge in [0.25, 0.3) is 0 Å². The molecule has 54 valence electrons. The fraction of sp³-hybridized carbons (Fsp3) is 0.143. The van der Waals surface area contributed by atoms with Gasteiger partial charge in [-0.1, -0.05) is 6.08 Å². The molecule has 10 heavy (non-hydrogen) atoms.